The maximum Gasteiger partial charge on any atom is 0.320 e. The van der Waals surface area contributed by atoms with E-state index < -0.39 is 12.0 Å². The zero-order chi connectivity index (χ0) is 13.3. The Labute approximate surface area is 106 Å². The molecule has 98 valence electrons. The smallest absolute Gasteiger partial charge is 0.320 e. The average molecular weight is 251 g/mol. The van der Waals surface area contributed by atoms with E-state index in [0.29, 0.717) is 12.0 Å². The summed E-state index contributed by atoms with van der Waals surface area (Å²) in [6.45, 7) is 4.49. The minimum absolute atomic E-state index is 0.00731. The highest BCUT2D eigenvalue weighted by Gasteiger charge is 2.34. The summed E-state index contributed by atoms with van der Waals surface area (Å²) in [4.78, 5) is 13.1. The summed E-state index contributed by atoms with van der Waals surface area (Å²) in [7, 11) is 0. The Kier molecular flexibility index (Phi) is 3.66. The Morgan fingerprint density at radius 2 is 2.28 bits per heavy atom. The molecule has 1 aliphatic heterocycles. The number of benzene rings is 1. The maximum atomic E-state index is 13.2. The van der Waals surface area contributed by atoms with E-state index in [1.54, 1.807) is 19.1 Å². The van der Waals surface area contributed by atoms with Gasteiger partial charge in [-0.3, -0.25) is 9.69 Å². The standard InChI is InChI=1S/C14H18FNO2/c1-9-8-11(5-6-12(9)15)10(2)16-7-3-4-13(16)14(17)18/h5-6,8,10,13H,3-4,7H2,1-2H3,(H,17,18)/t10?,13-/m0/s1. The van der Waals surface area contributed by atoms with Gasteiger partial charge in [0.25, 0.3) is 0 Å². The third-order valence-corrected chi connectivity index (χ3v) is 3.74. The van der Waals surface area contributed by atoms with Crippen LogP contribution in [0.5, 0.6) is 0 Å². The van der Waals surface area contributed by atoms with Crippen LogP contribution in [0.3, 0.4) is 0 Å². The van der Waals surface area contributed by atoms with Gasteiger partial charge in [0.1, 0.15) is 11.9 Å². The summed E-state index contributed by atoms with van der Waals surface area (Å²) in [5.74, 6) is -0.986. The first-order chi connectivity index (χ1) is 8.50. The molecule has 18 heavy (non-hydrogen) atoms. The zero-order valence-corrected chi connectivity index (χ0v) is 10.7. The van der Waals surface area contributed by atoms with Gasteiger partial charge in [0.05, 0.1) is 0 Å². The van der Waals surface area contributed by atoms with Crippen LogP contribution in [0.1, 0.15) is 36.9 Å². The van der Waals surface area contributed by atoms with Crippen molar-refractivity contribution in [2.75, 3.05) is 6.54 Å². The van der Waals surface area contributed by atoms with Crippen molar-refractivity contribution in [2.24, 2.45) is 0 Å². The molecule has 1 aromatic rings. The van der Waals surface area contributed by atoms with Gasteiger partial charge in [-0.25, -0.2) is 4.39 Å². The van der Waals surface area contributed by atoms with Crippen LogP contribution in [0.4, 0.5) is 4.39 Å². The molecule has 0 aliphatic carbocycles. The van der Waals surface area contributed by atoms with Crippen molar-refractivity contribution in [2.45, 2.75) is 38.8 Å². The Morgan fingerprint density at radius 1 is 1.56 bits per heavy atom. The summed E-state index contributed by atoms with van der Waals surface area (Å²) >= 11 is 0. The molecule has 1 unspecified atom stereocenters. The van der Waals surface area contributed by atoms with Gasteiger partial charge >= 0.3 is 5.97 Å². The van der Waals surface area contributed by atoms with Crippen LogP contribution in [0.2, 0.25) is 0 Å². The van der Waals surface area contributed by atoms with Gasteiger partial charge in [0.15, 0.2) is 0 Å². The number of rotatable bonds is 3. The Morgan fingerprint density at radius 3 is 2.89 bits per heavy atom. The minimum atomic E-state index is -0.766. The number of aryl methyl sites for hydroxylation is 1. The molecule has 1 fully saturated rings. The molecule has 2 atom stereocenters. The average Bonchev–Trinajstić information content (AvgIpc) is 2.81. The number of carboxylic acids is 1. The van der Waals surface area contributed by atoms with Gasteiger partial charge in [0.2, 0.25) is 0 Å². The van der Waals surface area contributed by atoms with Crippen LogP contribution in [0, 0.1) is 12.7 Å². The third kappa shape index (κ3) is 2.38. The fourth-order valence-corrected chi connectivity index (χ4v) is 2.64. The normalized spacial score (nSPS) is 22.1. The van der Waals surface area contributed by atoms with Crippen LogP contribution in [-0.2, 0) is 4.79 Å². The van der Waals surface area contributed by atoms with Gasteiger partial charge in [-0.15, -0.1) is 0 Å². The number of carbonyl (C=O) groups is 1. The molecule has 0 saturated carbocycles. The van der Waals surface area contributed by atoms with Gasteiger partial charge in [-0.2, -0.15) is 0 Å². The van der Waals surface area contributed by atoms with Gasteiger partial charge < -0.3 is 5.11 Å². The van der Waals surface area contributed by atoms with E-state index in [0.717, 1.165) is 18.5 Å². The summed E-state index contributed by atoms with van der Waals surface area (Å²) in [6.07, 6.45) is 1.60. The van der Waals surface area contributed by atoms with Crippen LogP contribution in [-0.4, -0.2) is 28.6 Å². The quantitative estimate of drug-likeness (QED) is 0.898. The molecule has 0 aromatic heterocycles. The molecule has 3 nitrogen and oxygen atoms in total. The molecular formula is C14H18FNO2. The Balaban J connectivity index is 2.22. The SMILES string of the molecule is Cc1cc(C(C)N2CCC[C@H]2C(=O)O)ccc1F. The summed E-state index contributed by atoms with van der Waals surface area (Å²) < 4.78 is 13.2. The van der Waals surface area contributed by atoms with E-state index in [-0.39, 0.29) is 11.9 Å². The molecule has 1 aromatic carbocycles. The molecular weight excluding hydrogens is 233 g/mol. The highest BCUT2D eigenvalue weighted by Crippen LogP contribution is 2.29. The lowest BCUT2D eigenvalue weighted by molar-refractivity contribution is -0.142. The molecule has 1 N–H and O–H groups in total. The Hall–Kier alpha value is -1.42. The van der Waals surface area contributed by atoms with Crippen molar-refractivity contribution in [3.8, 4) is 0 Å². The van der Waals surface area contributed by atoms with Crippen molar-refractivity contribution >= 4 is 5.97 Å². The maximum absolute atomic E-state index is 13.2. The monoisotopic (exact) mass is 251 g/mol. The topological polar surface area (TPSA) is 40.5 Å². The van der Waals surface area contributed by atoms with E-state index in [9.17, 15) is 14.3 Å². The zero-order valence-electron chi connectivity index (χ0n) is 10.7. The first kappa shape index (κ1) is 13.0. The number of aliphatic carboxylic acids is 1. The summed E-state index contributed by atoms with van der Waals surface area (Å²) in [5.41, 5.74) is 1.58. The van der Waals surface area contributed by atoms with Crippen LogP contribution >= 0.6 is 0 Å². The van der Waals surface area contributed by atoms with Crippen molar-refractivity contribution in [1.29, 1.82) is 0 Å². The molecule has 4 heteroatoms. The fourth-order valence-electron chi connectivity index (χ4n) is 2.64. The lowest BCUT2D eigenvalue weighted by Gasteiger charge is -2.28. The van der Waals surface area contributed by atoms with Crippen LogP contribution < -0.4 is 0 Å². The van der Waals surface area contributed by atoms with Gasteiger partial charge in [0, 0.05) is 6.04 Å². The second kappa shape index (κ2) is 5.06. The predicted octanol–water partition coefficient (Wildman–Crippen LogP) is 2.74. The van der Waals surface area contributed by atoms with E-state index in [4.69, 9.17) is 0 Å². The molecule has 1 aliphatic rings. The van der Waals surface area contributed by atoms with E-state index in [1.807, 2.05) is 11.8 Å². The highest BCUT2D eigenvalue weighted by molar-refractivity contribution is 5.73. The van der Waals surface area contributed by atoms with Crippen LogP contribution in [0.15, 0.2) is 18.2 Å². The van der Waals surface area contributed by atoms with E-state index >= 15 is 0 Å². The van der Waals surface area contributed by atoms with Crippen molar-refractivity contribution in [3.63, 3.8) is 0 Å². The lowest BCUT2D eigenvalue weighted by Crippen LogP contribution is -2.37. The summed E-state index contributed by atoms with van der Waals surface area (Å²) in [6, 6.07) is 4.59. The first-order valence-corrected chi connectivity index (χ1v) is 6.25. The molecule has 2 rings (SSSR count). The first-order valence-electron chi connectivity index (χ1n) is 6.25. The number of hydrogen-bond donors (Lipinski definition) is 1. The van der Waals surface area contributed by atoms with E-state index in [2.05, 4.69) is 0 Å². The molecule has 0 amide bonds. The number of halogens is 1. The number of hydrogen-bond acceptors (Lipinski definition) is 2. The van der Waals surface area contributed by atoms with Crippen molar-refractivity contribution in [3.05, 3.63) is 35.1 Å². The number of likely N-dealkylation sites (tertiary alicyclic amines) is 1. The molecule has 0 bridgehead atoms. The van der Waals surface area contributed by atoms with E-state index in [1.165, 1.54) is 6.07 Å². The molecule has 0 spiro atoms. The largest absolute Gasteiger partial charge is 0.480 e. The summed E-state index contributed by atoms with van der Waals surface area (Å²) in [5, 5.41) is 9.18. The third-order valence-electron chi connectivity index (χ3n) is 3.74. The lowest BCUT2D eigenvalue weighted by atomic mass is 10.0. The van der Waals surface area contributed by atoms with Crippen molar-refractivity contribution in [1.82, 2.24) is 4.90 Å². The number of carboxylic acid groups (broad SMARTS) is 1. The van der Waals surface area contributed by atoms with Crippen LogP contribution in [0.25, 0.3) is 0 Å². The highest BCUT2D eigenvalue weighted by atomic mass is 19.1. The molecule has 0 radical (unpaired) electrons. The predicted molar refractivity (Wildman–Crippen MR) is 66.9 cm³/mol. The molecule has 1 saturated heterocycles. The van der Waals surface area contributed by atoms with Gasteiger partial charge in [-0.05, 0) is 50.4 Å². The van der Waals surface area contributed by atoms with Gasteiger partial charge in [-0.1, -0.05) is 12.1 Å². The minimum Gasteiger partial charge on any atom is -0.480 e. The molecule has 1 heterocycles. The Bertz CT molecular complexity index is 461. The fraction of sp³-hybridized carbons (Fsp3) is 0.500. The van der Waals surface area contributed by atoms with Crippen molar-refractivity contribution < 1.29 is 14.3 Å². The number of nitrogens with zero attached hydrogens (tertiary/aromatic N) is 1. The second-order valence-electron chi connectivity index (χ2n) is 4.92. The second-order valence-corrected chi connectivity index (χ2v) is 4.92.